The second-order valence-electron chi connectivity index (χ2n) is 2.65. The Bertz CT molecular complexity index is 95.1. The summed E-state index contributed by atoms with van der Waals surface area (Å²) < 4.78 is 11.4. The van der Waals surface area contributed by atoms with Crippen LogP contribution >= 0.6 is 0 Å². The van der Waals surface area contributed by atoms with E-state index in [0.717, 1.165) is 0 Å². The van der Waals surface area contributed by atoms with Crippen LogP contribution in [0.15, 0.2) is 0 Å². The molecule has 1 amide bonds. The van der Waals surface area contributed by atoms with Crippen molar-refractivity contribution in [2.45, 2.75) is 26.3 Å². The molecule has 0 radical (unpaired) electrons. The van der Waals surface area contributed by atoms with E-state index in [1.807, 2.05) is 0 Å². The van der Waals surface area contributed by atoms with E-state index >= 15 is 0 Å². The zero-order valence-corrected chi connectivity index (χ0v) is 5.29. The molecule has 0 aromatic carbocycles. The third-order valence-electron chi connectivity index (χ3n) is 0.473. The maximum atomic E-state index is 11.4. The van der Waals surface area contributed by atoms with Crippen molar-refractivity contribution in [3.63, 3.8) is 0 Å². The third kappa shape index (κ3) is 5.40. The Morgan fingerprint density at radius 3 is 1.88 bits per heavy atom. The van der Waals surface area contributed by atoms with Crippen LogP contribution in [0.25, 0.3) is 0 Å². The van der Waals surface area contributed by atoms with Gasteiger partial charge >= 0.3 is 6.16 Å². The first-order valence-electron chi connectivity index (χ1n) is 2.39. The van der Waals surface area contributed by atoms with Crippen LogP contribution < -0.4 is 5.32 Å². The molecule has 8 heavy (non-hydrogen) atoms. The summed E-state index contributed by atoms with van der Waals surface area (Å²) in [5.41, 5.74) is -0.453. The Morgan fingerprint density at radius 1 is 1.50 bits per heavy atom. The van der Waals surface area contributed by atoms with Crippen LogP contribution in [0.5, 0.6) is 0 Å². The van der Waals surface area contributed by atoms with Crippen molar-refractivity contribution in [3.8, 4) is 0 Å². The molecule has 48 valence electrons. The highest BCUT2D eigenvalue weighted by Gasteiger charge is 2.11. The van der Waals surface area contributed by atoms with Gasteiger partial charge in [0.05, 0.1) is 0 Å². The van der Waals surface area contributed by atoms with Gasteiger partial charge in [-0.15, -0.1) is 4.39 Å². The van der Waals surface area contributed by atoms with E-state index in [2.05, 4.69) is 5.32 Å². The lowest BCUT2D eigenvalue weighted by atomic mass is 10.1. The van der Waals surface area contributed by atoms with Gasteiger partial charge in [-0.25, -0.2) is 4.79 Å². The Hall–Kier alpha value is -0.600. The van der Waals surface area contributed by atoms with Crippen LogP contribution in [-0.4, -0.2) is 11.7 Å². The Labute approximate surface area is 48.1 Å². The number of nitrogens with one attached hydrogen (secondary N) is 1. The van der Waals surface area contributed by atoms with Crippen molar-refractivity contribution < 1.29 is 9.18 Å². The van der Waals surface area contributed by atoms with Gasteiger partial charge in [0, 0.05) is 5.54 Å². The number of carbonyl (C=O) groups excluding carboxylic acids is 1. The van der Waals surface area contributed by atoms with Crippen LogP contribution in [0.2, 0.25) is 0 Å². The average molecular weight is 119 g/mol. The lowest BCUT2D eigenvalue weighted by Crippen LogP contribution is -2.37. The van der Waals surface area contributed by atoms with Gasteiger partial charge in [-0.3, -0.25) is 0 Å². The summed E-state index contributed by atoms with van der Waals surface area (Å²) in [4.78, 5) is 9.68. The average Bonchev–Trinajstić information content (AvgIpc) is 1.21. The van der Waals surface area contributed by atoms with Crippen molar-refractivity contribution >= 4 is 6.16 Å². The minimum Gasteiger partial charge on any atom is -0.323 e. The summed E-state index contributed by atoms with van der Waals surface area (Å²) in [6.45, 7) is 5.14. The molecule has 0 rings (SSSR count). The van der Waals surface area contributed by atoms with Crippen molar-refractivity contribution in [1.29, 1.82) is 0 Å². The molecular formula is C5H10FNO. The summed E-state index contributed by atoms with van der Waals surface area (Å²) in [6, 6.07) is 0. The maximum absolute atomic E-state index is 11.4. The molecule has 0 unspecified atom stereocenters. The molecule has 0 aromatic heterocycles. The number of amides is 1. The number of rotatable bonds is 0. The standard InChI is InChI=1S/C5H10FNO/c1-5(2,3)7-4(6)8/h1-3H3,(H,7,8). The van der Waals surface area contributed by atoms with E-state index in [1.165, 1.54) is 0 Å². The van der Waals surface area contributed by atoms with E-state index in [1.54, 1.807) is 20.8 Å². The van der Waals surface area contributed by atoms with Gasteiger partial charge in [0.2, 0.25) is 0 Å². The molecule has 0 bridgehead atoms. The zero-order valence-electron chi connectivity index (χ0n) is 5.29. The summed E-state index contributed by atoms with van der Waals surface area (Å²) in [6.07, 6.45) is -1.47. The first kappa shape index (κ1) is 7.40. The first-order chi connectivity index (χ1) is 3.42. The summed E-state index contributed by atoms with van der Waals surface area (Å²) >= 11 is 0. The topological polar surface area (TPSA) is 29.1 Å². The molecule has 3 heteroatoms. The summed E-state index contributed by atoms with van der Waals surface area (Å²) in [7, 11) is 0. The van der Waals surface area contributed by atoms with Gasteiger partial charge in [0.25, 0.3) is 0 Å². The quantitative estimate of drug-likeness (QED) is 0.379. The number of hydrogen-bond donors (Lipinski definition) is 1. The maximum Gasteiger partial charge on any atom is 0.397 e. The van der Waals surface area contributed by atoms with Gasteiger partial charge in [0.15, 0.2) is 0 Å². The fourth-order valence-electron chi connectivity index (χ4n) is 0.295. The van der Waals surface area contributed by atoms with Crippen molar-refractivity contribution in [3.05, 3.63) is 0 Å². The molecule has 0 atom stereocenters. The predicted molar refractivity (Wildman–Crippen MR) is 29.4 cm³/mol. The third-order valence-corrected chi connectivity index (χ3v) is 0.473. The van der Waals surface area contributed by atoms with Gasteiger partial charge in [-0.1, -0.05) is 0 Å². The molecule has 0 heterocycles. The molecule has 0 saturated carbocycles. The van der Waals surface area contributed by atoms with Crippen molar-refractivity contribution in [2.24, 2.45) is 0 Å². The predicted octanol–water partition coefficient (Wildman–Crippen LogP) is 1.46. The fraction of sp³-hybridized carbons (Fsp3) is 0.800. The SMILES string of the molecule is CC(C)(C)NC(=O)F. The second-order valence-corrected chi connectivity index (χ2v) is 2.65. The summed E-state index contributed by atoms with van der Waals surface area (Å²) in [5.74, 6) is 0. The number of hydrogen-bond acceptors (Lipinski definition) is 1. The monoisotopic (exact) mass is 119 g/mol. The molecule has 0 spiro atoms. The second kappa shape index (κ2) is 2.11. The van der Waals surface area contributed by atoms with Crippen molar-refractivity contribution in [2.75, 3.05) is 0 Å². The normalized spacial score (nSPS) is 11.0. The molecule has 0 aliphatic carbocycles. The van der Waals surface area contributed by atoms with Crippen LogP contribution in [0.4, 0.5) is 9.18 Å². The Balaban J connectivity index is 3.55. The number of carbonyl (C=O) groups is 1. The molecule has 0 aromatic rings. The molecule has 0 aliphatic heterocycles. The van der Waals surface area contributed by atoms with E-state index in [4.69, 9.17) is 0 Å². The lowest BCUT2D eigenvalue weighted by molar-refractivity contribution is 0.212. The van der Waals surface area contributed by atoms with Crippen LogP contribution in [0, 0.1) is 0 Å². The van der Waals surface area contributed by atoms with Gasteiger partial charge in [-0.05, 0) is 20.8 Å². The van der Waals surface area contributed by atoms with Gasteiger partial charge < -0.3 is 5.32 Å². The number of halogens is 1. The van der Waals surface area contributed by atoms with E-state index in [9.17, 15) is 9.18 Å². The van der Waals surface area contributed by atoms with Crippen LogP contribution in [-0.2, 0) is 0 Å². The summed E-state index contributed by atoms with van der Waals surface area (Å²) in [5, 5.41) is 2.08. The van der Waals surface area contributed by atoms with Crippen molar-refractivity contribution in [1.82, 2.24) is 5.32 Å². The van der Waals surface area contributed by atoms with E-state index < -0.39 is 11.7 Å². The molecular weight excluding hydrogens is 109 g/mol. The minimum absolute atomic E-state index is 0.453. The first-order valence-corrected chi connectivity index (χ1v) is 2.39. The highest BCUT2D eigenvalue weighted by molar-refractivity contribution is 5.66. The minimum atomic E-state index is -1.47. The fourth-order valence-corrected chi connectivity index (χ4v) is 0.295. The smallest absolute Gasteiger partial charge is 0.323 e. The molecule has 0 saturated heterocycles. The Morgan fingerprint density at radius 2 is 1.88 bits per heavy atom. The van der Waals surface area contributed by atoms with Crippen LogP contribution in [0.3, 0.4) is 0 Å². The van der Waals surface area contributed by atoms with Gasteiger partial charge in [0.1, 0.15) is 0 Å². The molecule has 1 N–H and O–H groups in total. The zero-order chi connectivity index (χ0) is 6.78. The Kier molecular flexibility index (Phi) is 1.95. The largest absolute Gasteiger partial charge is 0.397 e. The molecule has 2 nitrogen and oxygen atoms in total. The molecule has 0 aliphatic rings. The van der Waals surface area contributed by atoms with E-state index in [0.29, 0.717) is 0 Å². The molecule has 0 fully saturated rings. The van der Waals surface area contributed by atoms with E-state index in [-0.39, 0.29) is 0 Å². The highest BCUT2D eigenvalue weighted by Crippen LogP contribution is 1.97. The highest BCUT2D eigenvalue weighted by atomic mass is 19.1. The van der Waals surface area contributed by atoms with Crippen LogP contribution in [0.1, 0.15) is 20.8 Å². The van der Waals surface area contributed by atoms with Gasteiger partial charge in [-0.2, -0.15) is 0 Å². The lowest BCUT2D eigenvalue weighted by Gasteiger charge is -2.16.